The topological polar surface area (TPSA) is 46.9 Å². The Labute approximate surface area is 117 Å². The first-order chi connectivity index (χ1) is 9.15. The van der Waals surface area contributed by atoms with Crippen LogP contribution in [0.2, 0.25) is 0 Å². The third kappa shape index (κ3) is 3.04. The number of hydrogen-bond acceptors (Lipinski definition) is 3. The molecule has 0 bridgehead atoms. The highest BCUT2D eigenvalue weighted by Crippen LogP contribution is 2.22. The van der Waals surface area contributed by atoms with Gasteiger partial charge in [0.2, 0.25) is 0 Å². The first-order valence-electron chi connectivity index (χ1n) is 6.59. The van der Waals surface area contributed by atoms with Gasteiger partial charge >= 0.3 is 0 Å². The Kier molecular flexibility index (Phi) is 4.37. The Morgan fingerprint density at radius 1 is 1.42 bits per heavy atom. The van der Waals surface area contributed by atoms with Gasteiger partial charge in [-0.2, -0.15) is 0 Å². The monoisotopic (exact) mass is 277 g/mol. The maximum atomic E-state index is 12.2. The molecule has 0 saturated heterocycles. The molecule has 0 aromatic carbocycles. The maximum absolute atomic E-state index is 12.2. The van der Waals surface area contributed by atoms with Gasteiger partial charge in [0.1, 0.15) is 5.69 Å². The molecule has 0 spiro atoms. The van der Waals surface area contributed by atoms with E-state index in [0.717, 1.165) is 22.9 Å². The van der Waals surface area contributed by atoms with Crippen LogP contribution in [0.5, 0.6) is 0 Å². The Morgan fingerprint density at radius 3 is 2.68 bits per heavy atom. The van der Waals surface area contributed by atoms with E-state index in [1.807, 2.05) is 42.9 Å². The molecule has 0 fully saturated rings. The molecule has 0 aliphatic heterocycles. The second-order valence-electron chi connectivity index (χ2n) is 4.49. The lowest BCUT2D eigenvalue weighted by Crippen LogP contribution is -2.32. The molecular formula is C14H19N3OS. The number of thiazole rings is 1. The zero-order valence-electron chi connectivity index (χ0n) is 11.5. The first kappa shape index (κ1) is 13.8. The van der Waals surface area contributed by atoms with Crippen LogP contribution >= 0.6 is 11.3 Å². The zero-order chi connectivity index (χ0) is 13.8. The van der Waals surface area contributed by atoms with Crippen molar-refractivity contribution in [1.29, 1.82) is 0 Å². The number of aromatic nitrogens is 2. The molecule has 1 N–H and O–H groups in total. The van der Waals surface area contributed by atoms with Crippen molar-refractivity contribution >= 4 is 17.2 Å². The normalized spacial score (nSPS) is 12.4. The van der Waals surface area contributed by atoms with Crippen molar-refractivity contribution in [3.63, 3.8) is 0 Å². The van der Waals surface area contributed by atoms with Crippen molar-refractivity contribution in [3.8, 4) is 5.13 Å². The van der Waals surface area contributed by atoms with Gasteiger partial charge in [-0.3, -0.25) is 4.79 Å². The number of carbonyl (C=O) groups is 1. The van der Waals surface area contributed by atoms with Crippen LogP contribution in [0.1, 0.15) is 42.6 Å². The van der Waals surface area contributed by atoms with Crippen LogP contribution < -0.4 is 5.32 Å². The molecule has 0 saturated carbocycles. The summed E-state index contributed by atoms with van der Waals surface area (Å²) in [7, 11) is 0. The van der Waals surface area contributed by atoms with Crippen molar-refractivity contribution in [2.75, 3.05) is 0 Å². The van der Waals surface area contributed by atoms with Gasteiger partial charge in [-0.05, 0) is 31.9 Å². The fourth-order valence-corrected chi connectivity index (χ4v) is 2.69. The van der Waals surface area contributed by atoms with Crippen LogP contribution in [0.25, 0.3) is 5.13 Å². The van der Waals surface area contributed by atoms with Gasteiger partial charge in [-0.1, -0.05) is 13.8 Å². The average molecular weight is 277 g/mol. The van der Waals surface area contributed by atoms with E-state index >= 15 is 0 Å². The summed E-state index contributed by atoms with van der Waals surface area (Å²) in [6.07, 6.45) is 5.62. The molecule has 2 heterocycles. The smallest absolute Gasteiger partial charge is 0.271 e. The van der Waals surface area contributed by atoms with Crippen molar-refractivity contribution in [2.24, 2.45) is 0 Å². The highest BCUT2D eigenvalue weighted by molar-refractivity contribution is 7.14. The highest BCUT2D eigenvalue weighted by Gasteiger charge is 2.18. The molecule has 1 unspecified atom stereocenters. The number of nitrogens with one attached hydrogen (secondary N) is 1. The van der Waals surface area contributed by atoms with Crippen molar-refractivity contribution in [2.45, 2.75) is 39.7 Å². The number of hydrogen-bond donors (Lipinski definition) is 1. The molecular weight excluding hydrogens is 258 g/mol. The molecule has 0 radical (unpaired) electrons. The van der Waals surface area contributed by atoms with Gasteiger partial charge in [0.05, 0.1) is 0 Å². The van der Waals surface area contributed by atoms with Crippen LogP contribution in [-0.2, 0) is 6.42 Å². The van der Waals surface area contributed by atoms with E-state index in [9.17, 15) is 4.79 Å². The second-order valence-corrected chi connectivity index (χ2v) is 5.56. The molecule has 2 aromatic heterocycles. The summed E-state index contributed by atoms with van der Waals surface area (Å²) >= 11 is 1.57. The van der Waals surface area contributed by atoms with Gasteiger partial charge < -0.3 is 9.88 Å². The minimum absolute atomic E-state index is 0.0687. The highest BCUT2D eigenvalue weighted by atomic mass is 32.1. The van der Waals surface area contributed by atoms with Crippen LogP contribution in [0, 0.1) is 0 Å². The summed E-state index contributed by atoms with van der Waals surface area (Å²) in [5.74, 6) is -0.0687. The molecule has 19 heavy (non-hydrogen) atoms. The molecule has 4 nitrogen and oxygen atoms in total. The second kappa shape index (κ2) is 6.02. The lowest BCUT2D eigenvalue weighted by atomic mass is 10.2. The molecule has 1 atom stereocenters. The van der Waals surface area contributed by atoms with Crippen molar-refractivity contribution in [3.05, 3.63) is 35.1 Å². The fourth-order valence-electron chi connectivity index (χ4n) is 1.72. The van der Waals surface area contributed by atoms with Crippen molar-refractivity contribution < 1.29 is 4.79 Å². The van der Waals surface area contributed by atoms with E-state index in [2.05, 4.69) is 17.2 Å². The number of nitrogens with zero attached hydrogens (tertiary/aromatic N) is 2. The third-order valence-corrected chi connectivity index (χ3v) is 4.25. The number of carbonyl (C=O) groups excluding carboxylic acids is 1. The minimum atomic E-state index is -0.0687. The Bertz CT molecular complexity index is 545. The van der Waals surface area contributed by atoms with Gasteiger partial charge in [0.15, 0.2) is 5.13 Å². The SMILES string of the molecule is CCc1sc(-n2cccc2)nc1C(=O)NC(C)CC. The summed E-state index contributed by atoms with van der Waals surface area (Å²) in [6.45, 7) is 6.10. The molecule has 1 amide bonds. The fraction of sp³-hybridized carbons (Fsp3) is 0.429. The molecule has 5 heteroatoms. The van der Waals surface area contributed by atoms with E-state index < -0.39 is 0 Å². The molecule has 102 valence electrons. The lowest BCUT2D eigenvalue weighted by molar-refractivity contribution is 0.0934. The van der Waals surface area contributed by atoms with Crippen LogP contribution in [0.4, 0.5) is 0 Å². The minimum Gasteiger partial charge on any atom is -0.348 e. The quantitative estimate of drug-likeness (QED) is 0.913. The summed E-state index contributed by atoms with van der Waals surface area (Å²) in [5, 5.41) is 3.82. The molecule has 2 rings (SSSR count). The number of amides is 1. The van der Waals surface area contributed by atoms with Crippen molar-refractivity contribution in [1.82, 2.24) is 14.9 Å². The molecule has 2 aromatic rings. The predicted octanol–water partition coefficient (Wildman–Crippen LogP) is 3.02. The summed E-state index contributed by atoms with van der Waals surface area (Å²) in [6, 6.07) is 4.08. The number of rotatable bonds is 5. The zero-order valence-corrected chi connectivity index (χ0v) is 12.3. The Balaban J connectivity index is 2.27. The van der Waals surface area contributed by atoms with E-state index in [4.69, 9.17) is 0 Å². The Morgan fingerprint density at radius 2 is 2.11 bits per heavy atom. The van der Waals surface area contributed by atoms with E-state index in [1.54, 1.807) is 11.3 Å². The molecule has 0 aliphatic carbocycles. The largest absolute Gasteiger partial charge is 0.348 e. The maximum Gasteiger partial charge on any atom is 0.271 e. The van der Waals surface area contributed by atoms with E-state index in [0.29, 0.717) is 5.69 Å². The van der Waals surface area contributed by atoms with Gasteiger partial charge in [0.25, 0.3) is 5.91 Å². The van der Waals surface area contributed by atoms with Gasteiger partial charge in [-0.25, -0.2) is 4.98 Å². The van der Waals surface area contributed by atoms with Gasteiger partial charge in [-0.15, -0.1) is 11.3 Å². The Hall–Kier alpha value is -1.62. The summed E-state index contributed by atoms with van der Waals surface area (Å²) in [5.41, 5.74) is 0.566. The van der Waals surface area contributed by atoms with Crippen LogP contribution in [0.15, 0.2) is 24.5 Å². The van der Waals surface area contributed by atoms with E-state index in [1.165, 1.54) is 0 Å². The van der Waals surface area contributed by atoms with E-state index in [-0.39, 0.29) is 11.9 Å². The lowest BCUT2D eigenvalue weighted by Gasteiger charge is -2.10. The van der Waals surface area contributed by atoms with Crippen LogP contribution in [-0.4, -0.2) is 21.5 Å². The summed E-state index contributed by atoms with van der Waals surface area (Å²) in [4.78, 5) is 17.7. The van der Waals surface area contributed by atoms with Gasteiger partial charge in [0, 0.05) is 23.3 Å². The standard InChI is InChI=1S/C14H19N3OS/c1-4-10(3)15-13(18)12-11(5-2)19-14(16-12)17-8-6-7-9-17/h6-10H,4-5H2,1-3H3,(H,15,18). The number of aryl methyl sites for hydroxylation is 1. The molecule has 0 aliphatic rings. The van der Waals surface area contributed by atoms with Crippen LogP contribution in [0.3, 0.4) is 0 Å². The predicted molar refractivity (Wildman–Crippen MR) is 78.0 cm³/mol. The summed E-state index contributed by atoms with van der Waals surface area (Å²) < 4.78 is 1.93. The first-order valence-corrected chi connectivity index (χ1v) is 7.41. The average Bonchev–Trinajstić information content (AvgIpc) is 3.06. The third-order valence-electron chi connectivity index (χ3n) is 3.04.